The summed E-state index contributed by atoms with van der Waals surface area (Å²) in [6.07, 6.45) is 3.75. The van der Waals surface area contributed by atoms with Gasteiger partial charge in [0.05, 0.1) is 5.69 Å². The van der Waals surface area contributed by atoms with Crippen molar-refractivity contribution < 1.29 is 0 Å². The fourth-order valence-electron chi connectivity index (χ4n) is 0.780. The third kappa shape index (κ3) is 2.12. The first-order valence-corrected chi connectivity index (χ1v) is 7.29. The van der Waals surface area contributed by atoms with Crippen LogP contribution in [0.1, 0.15) is 5.69 Å². The zero-order chi connectivity index (χ0) is 8.48. The summed E-state index contributed by atoms with van der Waals surface area (Å²) in [6, 6.07) is 0. The monoisotopic (exact) mass is 166 g/mol. The first-order valence-electron chi connectivity index (χ1n) is 3.79. The molecule has 0 radical (unpaired) electrons. The Labute approximate surface area is 68.7 Å². The molecular formula is C8H14N2Si. The van der Waals surface area contributed by atoms with Crippen LogP contribution in [0.25, 0.3) is 0 Å². The Bertz CT molecular complexity index is 235. The highest BCUT2D eigenvalue weighted by atomic mass is 28.3. The van der Waals surface area contributed by atoms with Gasteiger partial charge in [-0.15, -0.1) is 0 Å². The normalized spacial score (nSPS) is 11.6. The maximum absolute atomic E-state index is 4.35. The van der Waals surface area contributed by atoms with Gasteiger partial charge in [0.25, 0.3) is 0 Å². The third-order valence-corrected chi connectivity index (χ3v) is 3.34. The molecule has 1 rings (SSSR count). The zero-order valence-corrected chi connectivity index (χ0v) is 8.55. The first kappa shape index (κ1) is 8.39. The molecule has 1 aromatic heterocycles. The average molecular weight is 166 g/mol. The summed E-state index contributed by atoms with van der Waals surface area (Å²) in [5.41, 5.74) is 0.993. The van der Waals surface area contributed by atoms with Crippen molar-refractivity contribution in [3.05, 3.63) is 18.1 Å². The van der Waals surface area contributed by atoms with Gasteiger partial charge in [0.15, 0.2) is 0 Å². The molecule has 2 nitrogen and oxygen atoms in total. The van der Waals surface area contributed by atoms with Gasteiger partial charge in [0.1, 0.15) is 8.07 Å². The summed E-state index contributed by atoms with van der Waals surface area (Å²) in [7, 11) is -1.23. The number of aromatic nitrogens is 2. The quantitative estimate of drug-likeness (QED) is 0.588. The van der Waals surface area contributed by atoms with Crippen LogP contribution in [0.15, 0.2) is 12.4 Å². The summed E-state index contributed by atoms with van der Waals surface area (Å²) < 4.78 is 0. The highest BCUT2D eigenvalue weighted by Gasteiger charge is 2.17. The fraction of sp³-hybridized carbons (Fsp3) is 0.500. The van der Waals surface area contributed by atoms with E-state index in [1.54, 1.807) is 0 Å². The smallest absolute Gasteiger partial charge is 0.103 e. The van der Waals surface area contributed by atoms with Gasteiger partial charge >= 0.3 is 0 Å². The molecule has 11 heavy (non-hydrogen) atoms. The summed E-state index contributed by atoms with van der Waals surface area (Å²) in [4.78, 5) is 8.57. The Morgan fingerprint density at radius 1 is 1.09 bits per heavy atom. The molecule has 0 fully saturated rings. The highest BCUT2D eigenvalue weighted by molar-refractivity contribution is 6.88. The maximum Gasteiger partial charge on any atom is 0.103 e. The zero-order valence-electron chi connectivity index (χ0n) is 7.55. The Morgan fingerprint density at radius 2 is 1.73 bits per heavy atom. The van der Waals surface area contributed by atoms with E-state index in [0.717, 1.165) is 5.69 Å². The second-order valence-electron chi connectivity index (χ2n) is 3.79. The molecule has 0 amide bonds. The molecule has 0 bridgehead atoms. The van der Waals surface area contributed by atoms with Crippen molar-refractivity contribution >= 4 is 13.4 Å². The molecule has 0 aliphatic rings. The van der Waals surface area contributed by atoms with Gasteiger partial charge in [-0.05, 0) is 6.92 Å². The number of hydrogen-bond donors (Lipinski definition) is 0. The molecule has 60 valence electrons. The van der Waals surface area contributed by atoms with Gasteiger partial charge < -0.3 is 0 Å². The Kier molecular flexibility index (Phi) is 2.09. The van der Waals surface area contributed by atoms with Gasteiger partial charge in [-0.1, -0.05) is 19.6 Å². The molecule has 0 aliphatic heterocycles. The highest BCUT2D eigenvalue weighted by Crippen LogP contribution is 1.98. The van der Waals surface area contributed by atoms with Crippen molar-refractivity contribution in [2.45, 2.75) is 26.6 Å². The van der Waals surface area contributed by atoms with E-state index in [2.05, 4.69) is 29.6 Å². The predicted molar refractivity (Wildman–Crippen MR) is 49.7 cm³/mol. The van der Waals surface area contributed by atoms with Crippen LogP contribution in [-0.2, 0) is 0 Å². The molecule has 0 saturated heterocycles. The minimum absolute atomic E-state index is 0.993. The predicted octanol–water partition coefficient (Wildman–Crippen LogP) is 1.33. The molecule has 0 aromatic carbocycles. The molecule has 1 heterocycles. The number of rotatable bonds is 1. The Hall–Kier alpha value is -0.703. The van der Waals surface area contributed by atoms with Gasteiger partial charge in [-0.3, -0.25) is 9.97 Å². The van der Waals surface area contributed by atoms with Crippen molar-refractivity contribution in [3.8, 4) is 0 Å². The molecule has 0 N–H and O–H groups in total. The minimum Gasteiger partial charge on any atom is -0.263 e. The SMILES string of the molecule is Cc1cnc([Si](C)(C)C)cn1. The van der Waals surface area contributed by atoms with Crippen molar-refractivity contribution in [1.29, 1.82) is 0 Å². The summed E-state index contributed by atoms with van der Waals surface area (Å²) >= 11 is 0. The largest absolute Gasteiger partial charge is 0.263 e. The van der Waals surface area contributed by atoms with Crippen LogP contribution < -0.4 is 5.32 Å². The van der Waals surface area contributed by atoms with Crippen LogP contribution in [0.3, 0.4) is 0 Å². The lowest BCUT2D eigenvalue weighted by Crippen LogP contribution is -2.40. The lowest BCUT2D eigenvalue weighted by atomic mass is 10.5. The van der Waals surface area contributed by atoms with E-state index in [-0.39, 0.29) is 0 Å². The molecule has 0 aliphatic carbocycles. The van der Waals surface area contributed by atoms with Gasteiger partial charge in [-0.25, -0.2) is 0 Å². The van der Waals surface area contributed by atoms with E-state index in [0.29, 0.717) is 0 Å². The molecule has 0 saturated carbocycles. The van der Waals surface area contributed by atoms with Gasteiger partial charge in [-0.2, -0.15) is 0 Å². The van der Waals surface area contributed by atoms with Crippen LogP contribution in [0.2, 0.25) is 19.6 Å². The van der Waals surface area contributed by atoms with E-state index in [9.17, 15) is 0 Å². The third-order valence-electron chi connectivity index (χ3n) is 1.55. The van der Waals surface area contributed by atoms with E-state index < -0.39 is 8.07 Å². The standard InChI is InChI=1S/C8H14N2Si/c1-7-5-10-8(6-9-7)11(2,3)4/h5-6H,1-4H3. The van der Waals surface area contributed by atoms with Crippen molar-refractivity contribution in [1.82, 2.24) is 9.97 Å². The topological polar surface area (TPSA) is 25.8 Å². The number of aryl methyl sites for hydroxylation is 1. The van der Waals surface area contributed by atoms with E-state index >= 15 is 0 Å². The second-order valence-corrected chi connectivity index (χ2v) is 8.81. The number of hydrogen-bond acceptors (Lipinski definition) is 2. The minimum atomic E-state index is -1.23. The number of nitrogens with zero attached hydrogens (tertiary/aromatic N) is 2. The van der Waals surface area contributed by atoms with Crippen LogP contribution >= 0.6 is 0 Å². The Morgan fingerprint density at radius 3 is 2.09 bits per heavy atom. The molecular weight excluding hydrogens is 152 g/mol. The van der Waals surface area contributed by atoms with Crippen molar-refractivity contribution in [3.63, 3.8) is 0 Å². The molecule has 0 unspecified atom stereocenters. The van der Waals surface area contributed by atoms with E-state index in [1.807, 2.05) is 19.3 Å². The second kappa shape index (κ2) is 2.74. The summed E-state index contributed by atoms with van der Waals surface area (Å²) in [5.74, 6) is 0. The maximum atomic E-state index is 4.35. The lowest BCUT2D eigenvalue weighted by Gasteiger charge is -2.13. The average Bonchev–Trinajstić information content (AvgIpc) is 1.86. The molecule has 1 aromatic rings. The van der Waals surface area contributed by atoms with E-state index in [4.69, 9.17) is 0 Å². The van der Waals surface area contributed by atoms with Crippen molar-refractivity contribution in [2.75, 3.05) is 0 Å². The van der Waals surface area contributed by atoms with Gasteiger partial charge in [0, 0.05) is 17.7 Å². The van der Waals surface area contributed by atoms with Crippen LogP contribution in [0.5, 0.6) is 0 Å². The first-order chi connectivity index (χ1) is 5.00. The molecule has 0 atom stereocenters. The summed E-state index contributed by atoms with van der Waals surface area (Å²) in [6.45, 7) is 8.77. The van der Waals surface area contributed by atoms with Crippen LogP contribution in [0, 0.1) is 6.92 Å². The summed E-state index contributed by atoms with van der Waals surface area (Å²) in [5, 5.41) is 1.18. The molecule has 0 spiro atoms. The van der Waals surface area contributed by atoms with Gasteiger partial charge in [0.2, 0.25) is 0 Å². The fourth-order valence-corrected chi connectivity index (χ4v) is 1.68. The van der Waals surface area contributed by atoms with Crippen molar-refractivity contribution in [2.24, 2.45) is 0 Å². The lowest BCUT2D eigenvalue weighted by molar-refractivity contribution is 1.14. The molecule has 3 heteroatoms. The van der Waals surface area contributed by atoms with Crippen LogP contribution in [0.4, 0.5) is 0 Å². The van der Waals surface area contributed by atoms with Crippen LogP contribution in [-0.4, -0.2) is 18.0 Å². The van der Waals surface area contributed by atoms with E-state index in [1.165, 1.54) is 5.32 Å². The Balaban J connectivity index is 2.99.